The molecule has 0 saturated heterocycles. The average molecular weight is 422 g/mol. The van der Waals surface area contributed by atoms with Crippen LogP contribution < -0.4 is 15.4 Å². The zero-order chi connectivity index (χ0) is 21.3. The molecule has 0 atom stereocenters. The van der Waals surface area contributed by atoms with Gasteiger partial charge in [-0.15, -0.1) is 0 Å². The van der Waals surface area contributed by atoms with E-state index in [4.69, 9.17) is 16.3 Å². The van der Waals surface area contributed by atoms with Crippen molar-refractivity contribution in [1.82, 2.24) is 15.6 Å². The molecule has 0 bridgehead atoms. The highest BCUT2D eigenvalue weighted by Gasteiger charge is 2.15. The number of methoxy groups -OCH3 is 1. The van der Waals surface area contributed by atoms with Crippen LogP contribution in [0.4, 0.5) is 0 Å². The highest BCUT2D eigenvalue weighted by atomic mass is 35.5. The Hall–Kier alpha value is -3.64. The molecule has 0 aliphatic heterocycles. The molecule has 152 valence electrons. The van der Waals surface area contributed by atoms with Crippen molar-refractivity contribution in [2.75, 3.05) is 7.11 Å². The van der Waals surface area contributed by atoms with Crippen LogP contribution in [0, 0.1) is 0 Å². The molecular formula is C23H20ClN3O3. The number of amides is 2. The minimum absolute atomic E-state index is 0.113. The molecule has 6 nitrogen and oxygen atoms in total. The topological polar surface area (TPSA) is 80.3 Å². The predicted octanol–water partition coefficient (Wildman–Crippen LogP) is 3.83. The number of ether oxygens (including phenoxy) is 1. The number of nitrogens with zero attached hydrogens (tertiary/aromatic N) is 1. The molecule has 30 heavy (non-hydrogen) atoms. The monoisotopic (exact) mass is 421 g/mol. The van der Waals surface area contributed by atoms with Gasteiger partial charge in [0.1, 0.15) is 11.4 Å². The summed E-state index contributed by atoms with van der Waals surface area (Å²) in [5, 5.41) is 6.07. The maximum absolute atomic E-state index is 12.8. The van der Waals surface area contributed by atoms with Gasteiger partial charge in [-0.25, -0.2) is 0 Å². The van der Waals surface area contributed by atoms with Gasteiger partial charge in [-0.1, -0.05) is 29.8 Å². The number of carbonyl (C=O) groups excluding carboxylic acids is 2. The van der Waals surface area contributed by atoms with E-state index in [2.05, 4.69) is 15.6 Å². The fraction of sp³-hybridized carbons (Fsp3) is 0.0870. The van der Waals surface area contributed by atoms with Crippen molar-refractivity contribution in [1.29, 1.82) is 0 Å². The third kappa shape index (κ3) is 5.93. The summed E-state index contributed by atoms with van der Waals surface area (Å²) in [5.74, 6) is -0.192. The summed E-state index contributed by atoms with van der Waals surface area (Å²) in [6.07, 6.45) is 4.92. The van der Waals surface area contributed by atoms with Crippen molar-refractivity contribution >= 4 is 29.5 Å². The van der Waals surface area contributed by atoms with E-state index in [-0.39, 0.29) is 12.2 Å². The number of benzene rings is 2. The van der Waals surface area contributed by atoms with Crippen molar-refractivity contribution in [3.63, 3.8) is 0 Å². The minimum atomic E-state index is -0.421. The summed E-state index contributed by atoms with van der Waals surface area (Å²) in [7, 11) is 1.55. The number of carbonyl (C=O) groups is 2. The number of hydrogen-bond acceptors (Lipinski definition) is 4. The third-order valence-electron chi connectivity index (χ3n) is 4.20. The molecule has 0 saturated carbocycles. The van der Waals surface area contributed by atoms with E-state index in [0.29, 0.717) is 16.3 Å². The van der Waals surface area contributed by atoms with Gasteiger partial charge in [0, 0.05) is 29.5 Å². The van der Waals surface area contributed by atoms with E-state index in [1.165, 1.54) is 0 Å². The first kappa shape index (κ1) is 21.1. The second kappa shape index (κ2) is 10.2. The van der Waals surface area contributed by atoms with Gasteiger partial charge in [-0.05, 0) is 59.7 Å². The Kier molecular flexibility index (Phi) is 7.19. The number of halogens is 1. The van der Waals surface area contributed by atoms with Crippen LogP contribution in [0.25, 0.3) is 6.08 Å². The van der Waals surface area contributed by atoms with Crippen LogP contribution in [0.15, 0.2) is 78.8 Å². The molecule has 0 aliphatic carbocycles. The molecule has 1 heterocycles. The van der Waals surface area contributed by atoms with Crippen molar-refractivity contribution in [3.05, 3.63) is 100 Å². The molecule has 7 heteroatoms. The smallest absolute Gasteiger partial charge is 0.268 e. The minimum Gasteiger partial charge on any atom is -0.497 e. The van der Waals surface area contributed by atoms with Gasteiger partial charge >= 0.3 is 0 Å². The summed E-state index contributed by atoms with van der Waals surface area (Å²) in [6, 6.07) is 17.2. The maximum atomic E-state index is 12.8. The predicted molar refractivity (Wildman–Crippen MR) is 116 cm³/mol. The van der Waals surface area contributed by atoms with E-state index < -0.39 is 11.8 Å². The highest BCUT2D eigenvalue weighted by molar-refractivity contribution is 6.30. The van der Waals surface area contributed by atoms with Crippen molar-refractivity contribution in [3.8, 4) is 5.75 Å². The van der Waals surface area contributed by atoms with Gasteiger partial charge in [0.2, 0.25) is 0 Å². The van der Waals surface area contributed by atoms with Gasteiger partial charge in [0.25, 0.3) is 11.8 Å². The van der Waals surface area contributed by atoms with E-state index in [9.17, 15) is 9.59 Å². The standard InChI is InChI=1S/C23H20ClN3O3/c1-30-20-10-6-18(7-11-20)22(28)27-21(13-16-4-8-19(24)9-5-16)23(29)26-15-17-3-2-12-25-14-17/h2-14H,15H2,1H3,(H,26,29)(H,27,28). The normalized spacial score (nSPS) is 10.9. The number of aromatic nitrogens is 1. The number of rotatable bonds is 7. The zero-order valence-corrected chi connectivity index (χ0v) is 17.0. The largest absolute Gasteiger partial charge is 0.497 e. The molecule has 0 aliphatic rings. The Labute approximate surface area is 179 Å². The number of pyridine rings is 1. The number of hydrogen-bond donors (Lipinski definition) is 2. The molecule has 3 aromatic rings. The van der Waals surface area contributed by atoms with Crippen molar-refractivity contribution < 1.29 is 14.3 Å². The molecule has 0 unspecified atom stereocenters. The first-order chi connectivity index (χ1) is 14.5. The Morgan fingerprint density at radius 1 is 1.07 bits per heavy atom. The van der Waals surface area contributed by atoms with Gasteiger partial charge in [0.15, 0.2) is 0 Å². The molecule has 2 N–H and O–H groups in total. The highest BCUT2D eigenvalue weighted by Crippen LogP contribution is 2.14. The Morgan fingerprint density at radius 2 is 1.80 bits per heavy atom. The number of nitrogens with one attached hydrogen (secondary N) is 2. The Bertz CT molecular complexity index is 1030. The second-order valence-corrected chi connectivity index (χ2v) is 6.77. The van der Waals surface area contributed by atoms with E-state index in [1.54, 1.807) is 80.2 Å². The Morgan fingerprint density at radius 3 is 2.43 bits per heavy atom. The van der Waals surface area contributed by atoms with E-state index in [1.807, 2.05) is 6.07 Å². The second-order valence-electron chi connectivity index (χ2n) is 6.34. The lowest BCUT2D eigenvalue weighted by molar-refractivity contribution is -0.117. The molecular weight excluding hydrogens is 402 g/mol. The summed E-state index contributed by atoms with van der Waals surface area (Å²) < 4.78 is 5.11. The molecule has 1 aromatic heterocycles. The molecule has 0 spiro atoms. The summed E-state index contributed by atoms with van der Waals surface area (Å²) in [5.41, 5.74) is 2.08. The van der Waals surface area contributed by atoms with Gasteiger partial charge in [-0.2, -0.15) is 0 Å². The Balaban J connectivity index is 1.79. The van der Waals surface area contributed by atoms with Gasteiger partial charge in [0.05, 0.1) is 7.11 Å². The fourth-order valence-electron chi connectivity index (χ4n) is 2.60. The quantitative estimate of drug-likeness (QED) is 0.568. The maximum Gasteiger partial charge on any atom is 0.268 e. The first-order valence-corrected chi connectivity index (χ1v) is 9.53. The lowest BCUT2D eigenvalue weighted by atomic mass is 10.1. The van der Waals surface area contributed by atoms with Crippen LogP contribution in [-0.2, 0) is 11.3 Å². The van der Waals surface area contributed by atoms with Crippen LogP contribution >= 0.6 is 11.6 Å². The van der Waals surface area contributed by atoms with Crippen molar-refractivity contribution in [2.45, 2.75) is 6.54 Å². The summed E-state index contributed by atoms with van der Waals surface area (Å²) in [6.45, 7) is 0.281. The summed E-state index contributed by atoms with van der Waals surface area (Å²) in [4.78, 5) is 29.5. The van der Waals surface area contributed by atoms with Crippen LogP contribution in [0.1, 0.15) is 21.5 Å². The zero-order valence-electron chi connectivity index (χ0n) is 16.3. The lowest BCUT2D eigenvalue weighted by Crippen LogP contribution is -2.34. The molecule has 2 amide bonds. The van der Waals surface area contributed by atoms with E-state index in [0.717, 1.165) is 11.1 Å². The molecule has 0 radical (unpaired) electrons. The van der Waals surface area contributed by atoms with Crippen LogP contribution in [0.2, 0.25) is 5.02 Å². The first-order valence-electron chi connectivity index (χ1n) is 9.15. The lowest BCUT2D eigenvalue weighted by Gasteiger charge is -2.12. The fourth-order valence-corrected chi connectivity index (χ4v) is 2.73. The molecule has 0 fully saturated rings. The van der Waals surface area contributed by atoms with Crippen LogP contribution in [0.3, 0.4) is 0 Å². The molecule has 3 rings (SSSR count). The van der Waals surface area contributed by atoms with Gasteiger partial charge in [-0.3, -0.25) is 14.6 Å². The SMILES string of the molecule is COc1ccc(C(=O)NC(=Cc2ccc(Cl)cc2)C(=O)NCc2cccnc2)cc1. The van der Waals surface area contributed by atoms with Gasteiger partial charge < -0.3 is 15.4 Å². The van der Waals surface area contributed by atoms with Crippen molar-refractivity contribution in [2.24, 2.45) is 0 Å². The average Bonchev–Trinajstić information content (AvgIpc) is 2.79. The summed E-state index contributed by atoms with van der Waals surface area (Å²) >= 11 is 5.93. The van der Waals surface area contributed by atoms with E-state index >= 15 is 0 Å². The third-order valence-corrected chi connectivity index (χ3v) is 4.45. The van der Waals surface area contributed by atoms with Crippen LogP contribution in [0.5, 0.6) is 5.75 Å². The van der Waals surface area contributed by atoms with Crippen LogP contribution in [-0.4, -0.2) is 23.9 Å². The molecule has 2 aromatic carbocycles.